The quantitative estimate of drug-likeness (QED) is 0.694. The number of hydrogen-bond acceptors (Lipinski definition) is 3. The molecule has 0 atom stereocenters. The maximum absolute atomic E-state index is 10.6. The molecule has 0 saturated heterocycles. The first-order chi connectivity index (χ1) is 5.77. The third-order valence-corrected chi connectivity index (χ3v) is 2.67. The summed E-state index contributed by atoms with van der Waals surface area (Å²) in [6.45, 7) is 0. The number of thioether (sulfide) groups is 1. The molecule has 0 saturated carbocycles. The minimum absolute atomic E-state index is 0.337. The lowest BCUT2D eigenvalue weighted by Crippen LogP contribution is -1.97. The van der Waals surface area contributed by atoms with Gasteiger partial charge in [0, 0.05) is 10.6 Å². The van der Waals surface area contributed by atoms with Gasteiger partial charge in [-0.3, -0.25) is 0 Å². The maximum Gasteiger partial charge on any atom is 0.335 e. The van der Waals surface area contributed by atoms with Gasteiger partial charge < -0.3 is 10.4 Å². The number of carbonyl (C=O) groups is 1. The summed E-state index contributed by atoms with van der Waals surface area (Å²) in [5, 5.41) is 11.8. The molecule has 0 aromatic heterocycles. The SMILES string of the molecule is O=C(O)c1ccc2c(c1)NCS2. The maximum atomic E-state index is 10.6. The van der Waals surface area contributed by atoms with Crippen molar-refractivity contribution in [2.24, 2.45) is 0 Å². The van der Waals surface area contributed by atoms with Gasteiger partial charge in [-0.15, -0.1) is 11.8 Å². The second kappa shape index (κ2) is 2.71. The molecule has 0 radical (unpaired) electrons. The zero-order valence-corrected chi connectivity index (χ0v) is 7.02. The topological polar surface area (TPSA) is 49.3 Å². The summed E-state index contributed by atoms with van der Waals surface area (Å²) < 4.78 is 0. The highest BCUT2D eigenvalue weighted by molar-refractivity contribution is 7.99. The highest BCUT2D eigenvalue weighted by Crippen LogP contribution is 2.33. The molecule has 1 aliphatic rings. The van der Waals surface area contributed by atoms with E-state index in [0.717, 1.165) is 16.5 Å². The highest BCUT2D eigenvalue weighted by Gasteiger charge is 2.12. The summed E-state index contributed by atoms with van der Waals surface area (Å²) in [7, 11) is 0. The normalized spacial score (nSPS) is 13.7. The van der Waals surface area contributed by atoms with Crippen LogP contribution in [0, 0.1) is 0 Å². The summed E-state index contributed by atoms with van der Waals surface area (Å²) in [5.41, 5.74) is 1.27. The van der Waals surface area contributed by atoms with Crippen molar-refractivity contribution in [1.82, 2.24) is 0 Å². The largest absolute Gasteiger partial charge is 0.478 e. The number of carboxylic acids is 1. The van der Waals surface area contributed by atoms with Crippen molar-refractivity contribution in [1.29, 1.82) is 0 Å². The fourth-order valence-electron chi connectivity index (χ4n) is 1.12. The van der Waals surface area contributed by atoms with E-state index in [2.05, 4.69) is 5.32 Å². The van der Waals surface area contributed by atoms with Crippen LogP contribution in [0.5, 0.6) is 0 Å². The van der Waals surface area contributed by atoms with Crippen molar-refractivity contribution in [3.8, 4) is 0 Å². The first kappa shape index (κ1) is 7.49. The van der Waals surface area contributed by atoms with Crippen LogP contribution >= 0.6 is 11.8 Å². The van der Waals surface area contributed by atoms with Gasteiger partial charge in [0.2, 0.25) is 0 Å². The molecule has 0 bridgehead atoms. The summed E-state index contributed by atoms with van der Waals surface area (Å²) >= 11 is 1.68. The number of carboxylic acid groups (broad SMARTS) is 1. The second-order valence-corrected chi connectivity index (χ2v) is 3.50. The lowest BCUT2D eigenvalue weighted by molar-refractivity contribution is 0.0697. The fraction of sp³-hybridized carbons (Fsp3) is 0.125. The smallest absolute Gasteiger partial charge is 0.335 e. The van der Waals surface area contributed by atoms with E-state index >= 15 is 0 Å². The van der Waals surface area contributed by atoms with Gasteiger partial charge in [0.05, 0.1) is 11.4 Å². The van der Waals surface area contributed by atoms with Crippen molar-refractivity contribution in [3.05, 3.63) is 23.8 Å². The third kappa shape index (κ3) is 1.14. The van der Waals surface area contributed by atoms with Gasteiger partial charge in [-0.2, -0.15) is 0 Å². The van der Waals surface area contributed by atoms with Crippen LogP contribution in [0.3, 0.4) is 0 Å². The molecule has 62 valence electrons. The molecule has 0 fully saturated rings. The molecular weight excluding hydrogens is 174 g/mol. The Kier molecular flexibility index (Phi) is 1.69. The van der Waals surface area contributed by atoms with E-state index < -0.39 is 5.97 Å². The Labute approximate surface area is 73.8 Å². The fourth-order valence-corrected chi connectivity index (χ4v) is 1.95. The van der Waals surface area contributed by atoms with Crippen LogP contribution in [-0.4, -0.2) is 17.0 Å². The Morgan fingerprint density at radius 1 is 1.58 bits per heavy atom. The van der Waals surface area contributed by atoms with E-state index in [-0.39, 0.29) is 0 Å². The van der Waals surface area contributed by atoms with Crippen molar-refractivity contribution in [3.63, 3.8) is 0 Å². The van der Waals surface area contributed by atoms with Gasteiger partial charge >= 0.3 is 5.97 Å². The molecule has 2 N–H and O–H groups in total. The molecule has 1 aliphatic heterocycles. The van der Waals surface area contributed by atoms with Crippen LogP contribution in [0.2, 0.25) is 0 Å². The Hall–Kier alpha value is -1.16. The molecule has 3 nitrogen and oxygen atoms in total. The third-order valence-electron chi connectivity index (χ3n) is 1.72. The molecule has 1 heterocycles. The number of aromatic carboxylic acids is 1. The zero-order chi connectivity index (χ0) is 8.55. The molecule has 2 rings (SSSR count). The van der Waals surface area contributed by atoms with Gasteiger partial charge in [0.25, 0.3) is 0 Å². The van der Waals surface area contributed by atoms with E-state index in [1.807, 2.05) is 6.07 Å². The Morgan fingerprint density at radius 2 is 2.42 bits per heavy atom. The summed E-state index contributed by atoms with van der Waals surface area (Å²) in [5.74, 6) is -0.0465. The Morgan fingerprint density at radius 3 is 3.17 bits per heavy atom. The van der Waals surface area contributed by atoms with E-state index in [0.29, 0.717) is 5.56 Å². The van der Waals surface area contributed by atoms with Crippen LogP contribution in [0.1, 0.15) is 10.4 Å². The first-order valence-electron chi connectivity index (χ1n) is 3.51. The minimum atomic E-state index is -0.878. The van der Waals surface area contributed by atoms with Gasteiger partial charge in [-0.25, -0.2) is 4.79 Å². The van der Waals surface area contributed by atoms with Gasteiger partial charge in [-0.1, -0.05) is 0 Å². The van der Waals surface area contributed by atoms with E-state index in [9.17, 15) is 4.79 Å². The predicted molar refractivity (Wildman–Crippen MR) is 47.7 cm³/mol. The first-order valence-corrected chi connectivity index (χ1v) is 4.50. The van der Waals surface area contributed by atoms with Crippen LogP contribution < -0.4 is 5.32 Å². The predicted octanol–water partition coefficient (Wildman–Crippen LogP) is 1.86. The standard InChI is InChI=1S/C8H7NO2S/c10-8(11)5-1-2-7-6(3-5)9-4-12-7/h1-3,9H,4H2,(H,10,11). The van der Waals surface area contributed by atoms with E-state index in [1.165, 1.54) is 0 Å². The summed E-state index contributed by atoms with van der Waals surface area (Å²) in [6.07, 6.45) is 0. The lowest BCUT2D eigenvalue weighted by Gasteiger charge is -1.98. The number of nitrogens with one attached hydrogen (secondary N) is 1. The lowest BCUT2D eigenvalue weighted by atomic mass is 10.2. The highest BCUT2D eigenvalue weighted by atomic mass is 32.2. The van der Waals surface area contributed by atoms with Crippen LogP contribution in [0.25, 0.3) is 0 Å². The molecule has 0 aliphatic carbocycles. The Balaban J connectivity index is 2.45. The van der Waals surface area contributed by atoms with E-state index in [1.54, 1.807) is 23.9 Å². The molecule has 0 spiro atoms. The van der Waals surface area contributed by atoms with Crippen molar-refractivity contribution < 1.29 is 9.90 Å². The molecule has 1 aromatic rings. The van der Waals surface area contributed by atoms with Crippen molar-refractivity contribution in [2.75, 3.05) is 11.2 Å². The molecule has 4 heteroatoms. The van der Waals surface area contributed by atoms with Gasteiger partial charge in [-0.05, 0) is 18.2 Å². The second-order valence-electron chi connectivity index (χ2n) is 2.48. The van der Waals surface area contributed by atoms with E-state index in [4.69, 9.17) is 5.11 Å². The van der Waals surface area contributed by atoms with Crippen LogP contribution in [0.15, 0.2) is 23.1 Å². The Bertz CT molecular complexity index is 338. The summed E-state index contributed by atoms with van der Waals surface area (Å²) in [6, 6.07) is 5.13. The minimum Gasteiger partial charge on any atom is -0.478 e. The van der Waals surface area contributed by atoms with Gasteiger partial charge in [0.15, 0.2) is 0 Å². The van der Waals surface area contributed by atoms with Crippen molar-refractivity contribution >= 4 is 23.4 Å². The van der Waals surface area contributed by atoms with Crippen LogP contribution in [0.4, 0.5) is 5.69 Å². The molecule has 1 aromatic carbocycles. The average molecular weight is 181 g/mol. The van der Waals surface area contributed by atoms with Gasteiger partial charge in [0.1, 0.15) is 0 Å². The number of benzene rings is 1. The molecule has 0 amide bonds. The number of hydrogen-bond donors (Lipinski definition) is 2. The molecule has 12 heavy (non-hydrogen) atoms. The number of rotatable bonds is 1. The van der Waals surface area contributed by atoms with Crippen molar-refractivity contribution in [2.45, 2.75) is 4.90 Å². The monoisotopic (exact) mass is 181 g/mol. The average Bonchev–Trinajstić information content (AvgIpc) is 2.49. The zero-order valence-electron chi connectivity index (χ0n) is 6.20. The number of anilines is 1. The summed E-state index contributed by atoms with van der Waals surface area (Å²) in [4.78, 5) is 11.7. The number of fused-ring (bicyclic) bond motifs is 1. The molecular formula is C8H7NO2S. The molecule has 0 unspecified atom stereocenters. The van der Waals surface area contributed by atoms with Crippen LogP contribution in [-0.2, 0) is 0 Å².